The lowest BCUT2D eigenvalue weighted by atomic mass is 10.0. The van der Waals surface area contributed by atoms with Gasteiger partial charge in [-0.15, -0.1) is 11.6 Å². The highest BCUT2D eigenvalue weighted by molar-refractivity contribution is 6.30. The van der Waals surface area contributed by atoms with Gasteiger partial charge < -0.3 is 9.47 Å². The molecule has 6 heteroatoms. The first-order valence-electron chi connectivity index (χ1n) is 6.98. The summed E-state index contributed by atoms with van der Waals surface area (Å²) in [6, 6.07) is 4.92. The Balaban J connectivity index is 3.36. The Morgan fingerprint density at radius 1 is 1.23 bits per heavy atom. The van der Waals surface area contributed by atoms with Crippen LogP contribution in [0.3, 0.4) is 0 Å². The maximum atomic E-state index is 12.4. The Hall–Kier alpha value is -1.59. The van der Waals surface area contributed by atoms with Crippen molar-refractivity contribution in [2.75, 3.05) is 31.6 Å². The number of benzene rings is 1. The van der Waals surface area contributed by atoms with Crippen LogP contribution in [0.25, 0.3) is 0 Å². The van der Waals surface area contributed by atoms with Crippen LogP contribution in [0.15, 0.2) is 18.2 Å². The van der Waals surface area contributed by atoms with Gasteiger partial charge in [0.1, 0.15) is 11.9 Å². The number of alkyl halides is 1. The summed E-state index contributed by atoms with van der Waals surface area (Å²) in [5, 5.41) is 0. The van der Waals surface area contributed by atoms with Crippen molar-refractivity contribution in [3.8, 4) is 0 Å². The molecule has 5 nitrogen and oxygen atoms in total. The van der Waals surface area contributed by atoms with E-state index >= 15 is 0 Å². The molecule has 0 aliphatic carbocycles. The molecule has 1 amide bonds. The SMILES string of the molecule is COCCC(C(=O)OC)N(C(=O)CCl)c1c(C)cccc1C. The van der Waals surface area contributed by atoms with Gasteiger partial charge in [-0.3, -0.25) is 9.69 Å². The molecular formula is C16H22ClNO4. The fourth-order valence-electron chi connectivity index (χ4n) is 2.42. The van der Waals surface area contributed by atoms with Crippen molar-refractivity contribution in [2.45, 2.75) is 26.3 Å². The highest BCUT2D eigenvalue weighted by Gasteiger charge is 2.32. The number of ether oxygens (including phenoxy) is 2. The van der Waals surface area contributed by atoms with Gasteiger partial charge in [-0.25, -0.2) is 4.79 Å². The Morgan fingerprint density at radius 3 is 2.27 bits per heavy atom. The Labute approximate surface area is 136 Å². The third kappa shape index (κ3) is 4.21. The van der Waals surface area contributed by atoms with E-state index < -0.39 is 12.0 Å². The summed E-state index contributed by atoms with van der Waals surface area (Å²) in [5.74, 6) is -1.04. The Kier molecular flexibility index (Phi) is 7.35. The predicted molar refractivity (Wildman–Crippen MR) is 86.4 cm³/mol. The molecule has 1 rings (SSSR count). The molecule has 1 unspecified atom stereocenters. The fourth-order valence-corrected chi connectivity index (χ4v) is 2.55. The van der Waals surface area contributed by atoms with Gasteiger partial charge in [-0.1, -0.05) is 18.2 Å². The lowest BCUT2D eigenvalue weighted by Crippen LogP contribution is -2.47. The van der Waals surface area contributed by atoms with Gasteiger partial charge in [0.05, 0.1) is 12.8 Å². The van der Waals surface area contributed by atoms with Crippen molar-refractivity contribution in [2.24, 2.45) is 0 Å². The summed E-state index contributed by atoms with van der Waals surface area (Å²) in [6.07, 6.45) is 0.333. The van der Waals surface area contributed by atoms with Crippen molar-refractivity contribution < 1.29 is 19.1 Å². The third-order valence-electron chi connectivity index (χ3n) is 3.44. The lowest BCUT2D eigenvalue weighted by molar-refractivity contribution is -0.143. The number of aryl methyl sites for hydroxylation is 2. The predicted octanol–water partition coefficient (Wildman–Crippen LogP) is 2.45. The van der Waals surface area contributed by atoms with Crippen LogP contribution in [-0.4, -0.2) is 44.6 Å². The molecule has 0 heterocycles. The van der Waals surface area contributed by atoms with E-state index in [-0.39, 0.29) is 11.8 Å². The second-order valence-corrected chi connectivity index (χ2v) is 5.23. The zero-order valence-corrected chi connectivity index (χ0v) is 14.1. The molecule has 122 valence electrons. The highest BCUT2D eigenvalue weighted by atomic mass is 35.5. The molecule has 0 N–H and O–H groups in total. The number of carbonyl (C=O) groups is 2. The topological polar surface area (TPSA) is 55.8 Å². The zero-order chi connectivity index (χ0) is 16.7. The second kappa shape index (κ2) is 8.76. The van der Waals surface area contributed by atoms with E-state index in [1.165, 1.54) is 12.0 Å². The Morgan fingerprint density at radius 2 is 1.82 bits per heavy atom. The first kappa shape index (κ1) is 18.5. The van der Waals surface area contributed by atoms with Crippen molar-refractivity contribution in [3.05, 3.63) is 29.3 Å². The highest BCUT2D eigenvalue weighted by Crippen LogP contribution is 2.28. The molecule has 0 radical (unpaired) electrons. The average Bonchev–Trinajstić information content (AvgIpc) is 2.51. The quantitative estimate of drug-likeness (QED) is 0.570. The first-order valence-corrected chi connectivity index (χ1v) is 7.52. The minimum atomic E-state index is -0.768. The minimum Gasteiger partial charge on any atom is -0.467 e. The van der Waals surface area contributed by atoms with Gasteiger partial charge >= 0.3 is 5.97 Å². The molecule has 0 saturated carbocycles. The van der Waals surface area contributed by atoms with Crippen molar-refractivity contribution in [1.29, 1.82) is 0 Å². The number of methoxy groups -OCH3 is 2. The van der Waals surface area contributed by atoms with Crippen LogP contribution in [0.1, 0.15) is 17.5 Å². The fraction of sp³-hybridized carbons (Fsp3) is 0.500. The number of nitrogens with zero attached hydrogens (tertiary/aromatic N) is 1. The standard InChI is InChI=1S/C16H22ClNO4/c1-11-6-5-7-12(2)15(11)18(14(19)10-17)13(8-9-21-3)16(20)22-4/h5-7,13H,8-10H2,1-4H3. The van der Waals surface area contributed by atoms with E-state index in [4.69, 9.17) is 21.1 Å². The maximum Gasteiger partial charge on any atom is 0.329 e. The van der Waals surface area contributed by atoms with Crippen molar-refractivity contribution in [3.63, 3.8) is 0 Å². The summed E-state index contributed by atoms with van der Waals surface area (Å²) in [4.78, 5) is 26.0. The molecule has 22 heavy (non-hydrogen) atoms. The van der Waals surface area contributed by atoms with E-state index in [9.17, 15) is 9.59 Å². The lowest BCUT2D eigenvalue weighted by Gasteiger charge is -2.32. The monoisotopic (exact) mass is 327 g/mol. The molecule has 0 saturated heterocycles. The molecule has 0 bridgehead atoms. The zero-order valence-electron chi connectivity index (χ0n) is 13.4. The van der Waals surface area contributed by atoms with E-state index in [0.29, 0.717) is 18.7 Å². The number of anilines is 1. The summed E-state index contributed by atoms with van der Waals surface area (Å²) >= 11 is 5.75. The van der Waals surface area contributed by atoms with Gasteiger partial charge in [0.15, 0.2) is 0 Å². The van der Waals surface area contributed by atoms with Gasteiger partial charge in [-0.2, -0.15) is 0 Å². The molecule has 0 fully saturated rings. The van der Waals surface area contributed by atoms with E-state index in [0.717, 1.165) is 11.1 Å². The van der Waals surface area contributed by atoms with Crippen molar-refractivity contribution in [1.82, 2.24) is 0 Å². The number of esters is 1. The van der Waals surface area contributed by atoms with E-state index in [1.54, 1.807) is 7.11 Å². The number of hydrogen-bond donors (Lipinski definition) is 0. The van der Waals surface area contributed by atoms with Gasteiger partial charge in [-0.05, 0) is 25.0 Å². The van der Waals surface area contributed by atoms with Crippen LogP contribution >= 0.6 is 11.6 Å². The number of hydrogen-bond acceptors (Lipinski definition) is 4. The third-order valence-corrected chi connectivity index (χ3v) is 3.67. The van der Waals surface area contributed by atoms with Gasteiger partial charge in [0, 0.05) is 20.1 Å². The van der Waals surface area contributed by atoms with Crippen LogP contribution in [0.5, 0.6) is 0 Å². The Bertz CT molecular complexity index is 513. The number of halogens is 1. The number of para-hydroxylation sites is 1. The summed E-state index contributed by atoms with van der Waals surface area (Å²) in [7, 11) is 2.84. The molecule has 0 spiro atoms. The van der Waals surface area contributed by atoms with Crippen LogP contribution in [0.4, 0.5) is 5.69 Å². The first-order chi connectivity index (χ1) is 10.5. The number of amides is 1. The molecule has 0 aliphatic heterocycles. The van der Waals surface area contributed by atoms with Crippen LogP contribution in [0.2, 0.25) is 0 Å². The van der Waals surface area contributed by atoms with Gasteiger partial charge in [0.2, 0.25) is 5.91 Å². The van der Waals surface area contributed by atoms with Crippen LogP contribution < -0.4 is 4.90 Å². The van der Waals surface area contributed by atoms with E-state index in [1.807, 2.05) is 32.0 Å². The number of rotatable bonds is 7. The second-order valence-electron chi connectivity index (χ2n) is 4.96. The van der Waals surface area contributed by atoms with E-state index in [2.05, 4.69) is 0 Å². The summed E-state index contributed by atoms with van der Waals surface area (Å²) < 4.78 is 9.90. The largest absolute Gasteiger partial charge is 0.467 e. The smallest absolute Gasteiger partial charge is 0.329 e. The summed E-state index contributed by atoms with van der Waals surface area (Å²) in [6.45, 7) is 4.11. The molecule has 1 atom stereocenters. The molecular weight excluding hydrogens is 306 g/mol. The van der Waals surface area contributed by atoms with Gasteiger partial charge in [0.25, 0.3) is 0 Å². The van der Waals surface area contributed by atoms with Crippen LogP contribution in [-0.2, 0) is 19.1 Å². The molecule has 1 aromatic carbocycles. The molecule has 0 aliphatic rings. The normalized spacial score (nSPS) is 11.9. The number of carbonyl (C=O) groups excluding carboxylic acids is 2. The molecule has 0 aromatic heterocycles. The minimum absolute atomic E-state index is 0.214. The maximum absolute atomic E-state index is 12.4. The average molecular weight is 328 g/mol. The summed E-state index contributed by atoms with van der Waals surface area (Å²) in [5.41, 5.74) is 2.48. The molecule has 1 aromatic rings. The van der Waals surface area contributed by atoms with Crippen molar-refractivity contribution >= 4 is 29.2 Å². The van der Waals surface area contributed by atoms with Crippen LogP contribution in [0, 0.1) is 13.8 Å².